The molecule has 92 valence electrons. The zero-order chi connectivity index (χ0) is 12.5. The summed E-state index contributed by atoms with van der Waals surface area (Å²) >= 11 is 5.93. The fourth-order valence-corrected chi connectivity index (χ4v) is 1.80. The number of rotatable bonds is 3. The molecule has 0 bridgehead atoms. The van der Waals surface area contributed by atoms with Gasteiger partial charge in [0.05, 0.1) is 11.6 Å². The summed E-state index contributed by atoms with van der Waals surface area (Å²) in [5.74, 6) is 0.606. The molecule has 1 unspecified atom stereocenters. The normalized spacial score (nSPS) is 13.0. The second-order valence-corrected chi connectivity index (χ2v) is 4.69. The van der Waals surface area contributed by atoms with Gasteiger partial charge in [0.15, 0.2) is 5.58 Å². The average Bonchev–Trinajstić information content (AvgIpc) is 2.94. The standard InChI is InChI=1S/C12H11ClN4O/c1-8(13)10-6-17(16-15-10)7-12-14-9-4-2-3-5-11(9)18-12/h2-6,8H,7H2,1H3. The van der Waals surface area contributed by atoms with Gasteiger partial charge in [-0.3, -0.25) is 0 Å². The Balaban J connectivity index is 1.86. The van der Waals surface area contributed by atoms with Crippen molar-refractivity contribution in [2.24, 2.45) is 0 Å². The van der Waals surface area contributed by atoms with Crippen LogP contribution in [-0.2, 0) is 6.54 Å². The Labute approximate surface area is 108 Å². The molecule has 0 aliphatic carbocycles. The molecule has 3 aromatic rings. The second kappa shape index (κ2) is 4.42. The molecular formula is C12H11ClN4O. The molecule has 1 atom stereocenters. The average molecular weight is 263 g/mol. The number of alkyl halides is 1. The van der Waals surface area contributed by atoms with Gasteiger partial charge >= 0.3 is 0 Å². The molecule has 3 rings (SSSR count). The summed E-state index contributed by atoms with van der Waals surface area (Å²) in [6, 6.07) is 7.65. The SMILES string of the molecule is CC(Cl)c1cn(Cc2nc3ccccc3o2)nn1. The molecule has 0 spiro atoms. The first-order valence-corrected chi connectivity index (χ1v) is 6.04. The van der Waals surface area contributed by atoms with E-state index in [1.165, 1.54) is 0 Å². The van der Waals surface area contributed by atoms with Crippen molar-refractivity contribution in [3.05, 3.63) is 42.0 Å². The van der Waals surface area contributed by atoms with E-state index in [0.717, 1.165) is 16.8 Å². The first-order valence-electron chi connectivity index (χ1n) is 5.61. The number of aromatic nitrogens is 4. The van der Waals surface area contributed by atoms with Crippen LogP contribution in [0.1, 0.15) is 23.9 Å². The fourth-order valence-electron chi connectivity index (χ4n) is 1.70. The highest BCUT2D eigenvalue weighted by Gasteiger charge is 2.10. The zero-order valence-corrected chi connectivity index (χ0v) is 10.5. The van der Waals surface area contributed by atoms with Gasteiger partial charge in [-0.25, -0.2) is 9.67 Å². The van der Waals surface area contributed by atoms with Crippen molar-refractivity contribution in [1.82, 2.24) is 20.0 Å². The van der Waals surface area contributed by atoms with E-state index < -0.39 is 0 Å². The first kappa shape index (κ1) is 11.2. The summed E-state index contributed by atoms with van der Waals surface area (Å²) in [5.41, 5.74) is 2.37. The van der Waals surface area contributed by atoms with E-state index in [9.17, 15) is 0 Å². The Morgan fingerprint density at radius 2 is 2.22 bits per heavy atom. The molecule has 1 aromatic carbocycles. The third-order valence-corrected chi connectivity index (χ3v) is 2.82. The molecule has 0 saturated heterocycles. The summed E-state index contributed by atoms with van der Waals surface area (Å²) in [6.45, 7) is 2.31. The Morgan fingerprint density at radius 3 is 2.94 bits per heavy atom. The van der Waals surface area contributed by atoms with Crippen molar-refractivity contribution in [3.8, 4) is 0 Å². The summed E-state index contributed by atoms with van der Waals surface area (Å²) in [7, 11) is 0. The van der Waals surface area contributed by atoms with E-state index in [-0.39, 0.29) is 5.38 Å². The van der Waals surface area contributed by atoms with Crippen LogP contribution in [0.4, 0.5) is 0 Å². The molecule has 0 aliphatic heterocycles. The number of hydrogen-bond acceptors (Lipinski definition) is 4. The summed E-state index contributed by atoms with van der Waals surface area (Å²) < 4.78 is 7.27. The van der Waals surface area contributed by atoms with E-state index >= 15 is 0 Å². The van der Waals surface area contributed by atoms with Gasteiger partial charge < -0.3 is 4.42 Å². The Bertz CT molecular complexity index is 640. The molecular weight excluding hydrogens is 252 g/mol. The quantitative estimate of drug-likeness (QED) is 0.681. The maximum Gasteiger partial charge on any atom is 0.217 e. The van der Waals surface area contributed by atoms with Crippen LogP contribution in [0.15, 0.2) is 34.9 Å². The van der Waals surface area contributed by atoms with Crippen LogP contribution < -0.4 is 0 Å². The molecule has 0 amide bonds. The van der Waals surface area contributed by atoms with Crippen molar-refractivity contribution in [1.29, 1.82) is 0 Å². The lowest BCUT2D eigenvalue weighted by atomic mass is 10.3. The molecule has 18 heavy (non-hydrogen) atoms. The predicted molar refractivity (Wildman–Crippen MR) is 67.4 cm³/mol. The van der Waals surface area contributed by atoms with Crippen molar-refractivity contribution < 1.29 is 4.42 Å². The molecule has 0 saturated carbocycles. The molecule has 0 fully saturated rings. The third kappa shape index (κ3) is 2.09. The molecule has 2 heterocycles. The lowest BCUT2D eigenvalue weighted by Crippen LogP contribution is -2.00. The van der Waals surface area contributed by atoms with Crippen LogP contribution in [0, 0.1) is 0 Å². The largest absolute Gasteiger partial charge is 0.439 e. The van der Waals surface area contributed by atoms with Gasteiger partial charge in [0, 0.05) is 0 Å². The number of para-hydroxylation sites is 2. The second-order valence-electron chi connectivity index (χ2n) is 4.03. The van der Waals surface area contributed by atoms with Gasteiger partial charge in [-0.05, 0) is 19.1 Å². The number of oxazole rings is 1. The molecule has 0 aliphatic rings. The van der Waals surface area contributed by atoms with Crippen LogP contribution in [0.3, 0.4) is 0 Å². The highest BCUT2D eigenvalue weighted by Crippen LogP contribution is 2.17. The number of benzene rings is 1. The molecule has 5 nitrogen and oxygen atoms in total. The predicted octanol–water partition coefficient (Wildman–Crippen LogP) is 2.77. The van der Waals surface area contributed by atoms with Gasteiger partial charge in [-0.2, -0.15) is 0 Å². The highest BCUT2D eigenvalue weighted by molar-refractivity contribution is 6.20. The van der Waals surface area contributed by atoms with E-state index in [0.29, 0.717) is 12.4 Å². The van der Waals surface area contributed by atoms with Gasteiger partial charge in [0.2, 0.25) is 5.89 Å². The lowest BCUT2D eigenvalue weighted by Gasteiger charge is -1.94. The van der Waals surface area contributed by atoms with Crippen LogP contribution in [0.25, 0.3) is 11.1 Å². The van der Waals surface area contributed by atoms with E-state index in [4.69, 9.17) is 16.0 Å². The highest BCUT2D eigenvalue weighted by atomic mass is 35.5. The minimum atomic E-state index is -0.151. The number of halogens is 1. The van der Waals surface area contributed by atoms with E-state index in [2.05, 4.69) is 15.3 Å². The number of nitrogens with zero attached hydrogens (tertiary/aromatic N) is 4. The summed E-state index contributed by atoms with van der Waals surface area (Å²) in [4.78, 5) is 4.37. The smallest absolute Gasteiger partial charge is 0.217 e. The first-order chi connectivity index (χ1) is 8.72. The molecule has 2 aromatic heterocycles. The molecule has 0 radical (unpaired) electrons. The van der Waals surface area contributed by atoms with Crippen molar-refractivity contribution in [2.45, 2.75) is 18.8 Å². The number of fused-ring (bicyclic) bond motifs is 1. The summed E-state index contributed by atoms with van der Waals surface area (Å²) in [5, 5.41) is 7.81. The van der Waals surface area contributed by atoms with Crippen molar-refractivity contribution in [2.75, 3.05) is 0 Å². The maximum absolute atomic E-state index is 5.93. The monoisotopic (exact) mass is 262 g/mol. The van der Waals surface area contributed by atoms with E-state index in [1.54, 1.807) is 10.9 Å². The van der Waals surface area contributed by atoms with E-state index in [1.807, 2.05) is 31.2 Å². The van der Waals surface area contributed by atoms with Gasteiger partial charge in [-0.15, -0.1) is 16.7 Å². The van der Waals surface area contributed by atoms with Gasteiger partial charge in [0.1, 0.15) is 17.8 Å². The number of hydrogen-bond donors (Lipinski definition) is 0. The third-order valence-electron chi connectivity index (χ3n) is 2.60. The van der Waals surface area contributed by atoms with Gasteiger partial charge in [-0.1, -0.05) is 17.3 Å². The minimum Gasteiger partial charge on any atom is -0.439 e. The maximum atomic E-state index is 5.93. The van der Waals surface area contributed by atoms with Crippen LogP contribution >= 0.6 is 11.6 Å². The zero-order valence-electron chi connectivity index (χ0n) is 9.75. The lowest BCUT2D eigenvalue weighted by molar-refractivity contribution is 0.485. The Hall–Kier alpha value is -1.88. The van der Waals surface area contributed by atoms with Gasteiger partial charge in [0.25, 0.3) is 0 Å². The van der Waals surface area contributed by atoms with Crippen LogP contribution in [0.2, 0.25) is 0 Å². The summed E-state index contributed by atoms with van der Waals surface area (Å²) in [6.07, 6.45) is 1.80. The fraction of sp³-hybridized carbons (Fsp3) is 0.250. The van der Waals surface area contributed by atoms with Crippen molar-refractivity contribution in [3.63, 3.8) is 0 Å². The van der Waals surface area contributed by atoms with Crippen LogP contribution in [-0.4, -0.2) is 20.0 Å². The molecule has 0 N–H and O–H groups in total. The Morgan fingerprint density at radius 1 is 1.39 bits per heavy atom. The Kier molecular flexibility index (Phi) is 2.76. The van der Waals surface area contributed by atoms with Crippen LogP contribution in [0.5, 0.6) is 0 Å². The minimum absolute atomic E-state index is 0.151. The topological polar surface area (TPSA) is 56.7 Å². The molecule has 6 heteroatoms. The van der Waals surface area contributed by atoms with Crippen molar-refractivity contribution >= 4 is 22.7 Å².